The number of primary amides is 1. The number of carbonyl (C=O) groups is 2. The van der Waals surface area contributed by atoms with E-state index in [1.165, 1.54) is 18.9 Å². The van der Waals surface area contributed by atoms with Crippen molar-refractivity contribution in [2.45, 2.75) is 0 Å². The van der Waals surface area contributed by atoms with E-state index in [-0.39, 0.29) is 12.5 Å². The van der Waals surface area contributed by atoms with Crippen molar-refractivity contribution in [1.29, 1.82) is 0 Å². The highest BCUT2D eigenvalue weighted by atomic mass is 32.2. The molecule has 0 radical (unpaired) electrons. The van der Waals surface area contributed by atoms with Crippen LogP contribution in [0.5, 0.6) is 11.5 Å². The lowest BCUT2D eigenvalue weighted by atomic mass is 10.2. The van der Waals surface area contributed by atoms with Crippen molar-refractivity contribution in [2.75, 3.05) is 13.7 Å². The predicted octanol–water partition coefficient (Wildman–Crippen LogP) is 2.45. The van der Waals surface area contributed by atoms with Crippen LogP contribution in [-0.4, -0.2) is 30.7 Å². The van der Waals surface area contributed by atoms with Crippen molar-refractivity contribution in [2.24, 2.45) is 10.7 Å². The monoisotopic (exact) mass is 383 g/mol. The molecule has 2 aromatic rings. The molecule has 2 aromatic carbocycles. The molecule has 0 unspecified atom stereocenters. The van der Waals surface area contributed by atoms with Crippen LogP contribution in [0, 0.1) is 0 Å². The first-order valence-electron chi connectivity index (χ1n) is 7.99. The summed E-state index contributed by atoms with van der Waals surface area (Å²) in [6, 6.07) is 14.5. The molecule has 1 saturated heterocycles. The highest BCUT2D eigenvalue weighted by molar-refractivity contribution is 8.18. The Morgan fingerprint density at radius 1 is 1.22 bits per heavy atom. The number of ether oxygens (including phenoxy) is 2. The van der Waals surface area contributed by atoms with Crippen molar-refractivity contribution in [3.8, 4) is 11.5 Å². The zero-order valence-corrected chi connectivity index (χ0v) is 15.3. The van der Waals surface area contributed by atoms with Crippen LogP contribution >= 0.6 is 11.8 Å². The third kappa shape index (κ3) is 4.89. The molecule has 1 aliphatic heterocycles. The molecular formula is C19H17N3O4S. The van der Waals surface area contributed by atoms with Gasteiger partial charge in [0, 0.05) is 0 Å². The third-order valence-electron chi connectivity index (χ3n) is 3.49. The number of rotatable bonds is 6. The van der Waals surface area contributed by atoms with Crippen molar-refractivity contribution >= 4 is 40.5 Å². The number of methoxy groups -OCH3 is 1. The van der Waals surface area contributed by atoms with E-state index >= 15 is 0 Å². The Bertz CT molecular complexity index is 926. The lowest BCUT2D eigenvalue weighted by molar-refractivity contribution is -0.120. The Balaban J connectivity index is 1.79. The molecule has 2 amide bonds. The van der Waals surface area contributed by atoms with Gasteiger partial charge in [-0.25, -0.2) is 4.99 Å². The first-order chi connectivity index (χ1) is 13.0. The number of nitrogens with zero attached hydrogens (tertiary/aromatic N) is 1. The molecule has 7 nitrogen and oxygen atoms in total. The molecule has 0 saturated carbocycles. The number of para-hydroxylation sites is 1. The summed E-state index contributed by atoms with van der Waals surface area (Å²) in [7, 11) is 1.49. The molecular weight excluding hydrogens is 366 g/mol. The van der Waals surface area contributed by atoms with E-state index in [0.717, 1.165) is 11.3 Å². The van der Waals surface area contributed by atoms with Crippen LogP contribution in [0.2, 0.25) is 0 Å². The van der Waals surface area contributed by atoms with Gasteiger partial charge in [-0.05, 0) is 47.7 Å². The highest BCUT2D eigenvalue weighted by Gasteiger charge is 2.24. The third-order valence-corrected chi connectivity index (χ3v) is 4.40. The minimum atomic E-state index is -0.576. The Morgan fingerprint density at radius 3 is 2.70 bits per heavy atom. The molecule has 0 aliphatic carbocycles. The maximum atomic E-state index is 12.2. The summed E-state index contributed by atoms with van der Waals surface area (Å²) in [5.74, 6) is 0.0377. The molecule has 1 fully saturated rings. The average molecular weight is 383 g/mol. The number of carbonyl (C=O) groups excluding carboxylic acids is 2. The van der Waals surface area contributed by atoms with Crippen molar-refractivity contribution < 1.29 is 19.1 Å². The fourth-order valence-electron chi connectivity index (χ4n) is 2.29. The number of nitrogens with one attached hydrogen (secondary N) is 1. The van der Waals surface area contributed by atoms with E-state index in [1.54, 1.807) is 24.3 Å². The van der Waals surface area contributed by atoms with Crippen LogP contribution in [0.3, 0.4) is 0 Å². The standard InChI is InChI=1S/C19H17N3O4S/c1-25-15-9-12(7-8-14(15)26-11-17(20)23)10-16-18(24)22-19(27-16)21-13-5-3-2-4-6-13/h2-10H,11H2,1H3,(H2,20,23)(H,21,22,24). The normalized spacial score (nSPS) is 16.4. The number of hydrogen-bond acceptors (Lipinski definition) is 6. The molecule has 3 N–H and O–H groups in total. The summed E-state index contributed by atoms with van der Waals surface area (Å²) < 4.78 is 10.6. The van der Waals surface area contributed by atoms with Crippen LogP contribution in [-0.2, 0) is 9.59 Å². The van der Waals surface area contributed by atoms with Gasteiger partial charge in [-0.3, -0.25) is 9.59 Å². The molecule has 1 aliphatic rings. The Kier molecular flexibility index (Phi) is 5.77. The summed E-state index contributed by atoms with van der Waals surface area (Å²) in [5.41, 5.74) is 6.59. The number of nitrogens with two attached hydrogens (primary N) is 1. The summed E-state index contributed by atoms with van der Waals surface area (Å²) in [5, 5.41) is 3.26. The SMILES string of the molecule is COc1cc(C=C2SC(=Nc3ccccc3)NC2=O)ccc1OCC(N)=O. The maximum absolute atomic E-state index is 12.2. The van der Waals surface area contributed by atoms with Gasteiger partial charge < -0.3 is 20.5 Å². The largest absolute Gasteiger partial charge is 0.493 e. The van der Waals surface area contributed by atoms with Gasteiger partial charge in [0.05, 0.1) is 17.7 Å². The van der Waals surface area contributed by atoms with Crippen molar-refractivity contribution in [3.63, 3.8) is 0 Å². The summed E-state index contributed by atoms with van der Waals surface area (Å²) >= 11 is 1.26. The molecule has 138 valence electrons. The van der Waals surface area contributed by atoms with Gasteiger partial charge in [-0.15, -0.1) is 0 Å². The molecule has 27 heavy (non-hydrogen) atoms. The van der Waals surface area contributed by atoms with E-state index < -0.39 is 5.91 Å². The van der Waals surface area contributed by atoms with Crippen LogP contribution in [0.25, 0.3) is 6.08 Å². The summed E-state index contributed by atoms with van der Waals surface area (Å²) in [6.07, 6.45) is 1.73. The summed E-state index contributed by atoms with van der Waals surface area (Å²) in [4.78, 5) is 28.0. The maximum Gasteiger partial charge on any atom is 0.264 e. The topological polar surface area (TPSA) is 103 Å². The van der Waals surface area contributed by atoms with E-state index in [4.69, 9.17) is 15.2 Å². The van der Waals surface area contributed by atoms with Crippen LogP contribution in [0.15, 0.2) is 58.4 Å². The lowest BCUT2D eigenvalue weighted by Gasteiger charge is -2.10. The fourth-order valence-corrected chi connectivity index (χ4v) is 3.14. The van der Waals surface area contributed by atoms with Gasteiger partial charge in [0.1, 0.15) is 0 Å². The molecule has 3 rings (SSSR count). The minimum Gasteiger partial charge on any atom is -0.493 e. The number of aliphatic imine (C=N–C) groups is 1. The number of benzene rings is 2. The van der Waals surface area contributed by atoms with Gasteiger partial charge in [0.2, 0.25) is 0 Å². The molecule has 0 atom stereocenters. The number of thioether (sulfide) groups is 1. The molecule has 0 spiro atoms. The molecule has 1 heterocycles. The van der Waals surface area contributed by atoms with Crippen molar-refractivity contribution in [3.05, 3.63) is 59.0 Å². The quantitative estimate of drug-likeness (QED) is 0.746. The zero-order valence-electron chi connectivity index (χ0n) is 14.5. The number of hydrogen-bond donors (Lipinski definition) is 2. The first kappa shape index (κ1) is 18.5. The van der Waals surface area contributed by atoms with E-state index in [2.05, 4.69) is 10.3 Å². The fraction of sp³-hybridized carbons (Fsp3) is 0.105. The van der Waals surface area contributed by atoms with Gasteiger partial charge in [-0.1, -0.05) is 24.3 Å². The summed E-state index contributed by atoms with van der Waals surface area (Å²) in [6.45, 7) is -0.242. The molecule has 0 bridgehead atoms. The minimum absolute atomic E-state index is 0.220. The van der Waals surface area contributed by atoms with E-state index in [1.807, 2.05) is 30.3 Å². The van der Waals surface area contributed by atoms with Gasteiger partial charge in [-0.2, -0.15) is 0 Å². The second-order valence-corrected chi connectivity index (χ2v) is 6.51. The van der Waals surface area contributed by atoms with Gasteiger partial charge in [0.25, 0.3) is 11.8 Å². The second-order valence-electron chi connectivity index (χ2n) is 5.48. The van der Waals surface area contributed by atoms with Gasteiger partial charge >= 0.3 is 0 Å². The predicted molar refractivity (Wildman–Crippen MR) is 105 cm³/mol. The van der Waals surface area contributed by atoms with Crippen LogP contribution in [0.4, 0.5) is 5.69 Å². The Labute approximate surface area is 160 Å². The average Bonchev–Trinajstić information content (AvgIpc) is 3.00. The van der Waals surface area contributed by atoms with E-state index in [9.17, 15) is 9.59 Å². The Hall–Kier alpha value is -3.26. The second kappa shape index (κ2) is 8.41. The smallest absolute Gasteiger partial charge is 0.264 e. The highest BCUT2D eigenvalue weighted by Crippen LogP contribution is 2.32. The molecule has 8 heteroatoms. The van der Waals surface area contributed by atoms with Crippen molar-refractivity contribution in [1.82, 2.24) is 5.32 Å². The van der Waals surface area contributed by atoms with Crippen LogP contribution < -0.4 is 20.5 Å². The number of amidine groups is 1. The first-order valence-corrected chi connectivity index (χ1v) is 8.80. The lowest BCUT2D eigenvalue weighted by Crippen LogP contribution is -2.20. The molecule has 0 aromatic heterocycles. The zero-order chi connectivity index (χ0) is 19.2. The van der Waals surface area contributed by atoms with Gasteiger partial charge in [0.15, 0.2) is 23.3 Å². The van der Waals surface area contributed by atoms with Crippen LogP contribution in [0.1, 0.15) is 5.56 Å². The Morgan fingerprint density at radius 2 is 2.00 bits per heavy atom. The number of amides is 2. The van der Waals surface area contributed by atoms with E-state index in [0.29, 0.717) is 21.6 Å².